The number of hydrogen-bond donors (Lipinski definition) is 2. The van der Waals surface area contributed by atoms with Crippen LogP contribution in [0.15, 0.2) is 103 Å². The average molecular weight is 1150 g/mol. The third kappa shape index (κ3) is 27.4. The van der Waals surface area contributed by atoms with Crippen LogP contribution in [0, 0.1) is 25.5 Å². The second kappa shape index (κ2) is 38.0. The van der Waals surface area contributed by atoms with Crippen LogP contribution in [-0.2, 0) is 54.8 Å². The summed E-state index contributed by atoms with van der Waals surface area (Å²) in [6.45, 7) is 14.8. The second-order valence-electron chi connectivity index (χ2n) is 15.1. The standard InChI is InChI=1S/C22H28FO6P.C16H15FO2.C7H4Cl2O2.C6H13O5P.2CH3F/c1-5-27-30(25,28-6-2)15-22(24)29-17(4)20-12-11-19(13-21(20)23)26-14-18-9-7-16(3)8-10-18;1-11-3-5-13(6-4-11)10-19-14-7-8-15(12(2)18)16(17)9-14;8-4-2-1-3-5(9)6(4)7(10)11;1-3-10-12(9,11-4-2)5-6(7)8;2*1-2/h7-13,17H,5-6,14-15H2,1-4H3;3-9H,10H2,1-2H3;1-3H,(H,10,11);3-5H2,1-2H3,(H,7,8);2*1H3. The van der Waals surface area contributed by atoms with Crippen molar-refractivity contribution in [1.82, 2.24) is 0 Å². The van der Waals surface area contributed by atoms with Crippen LogP contribution in [-0.4, -0.2) is 87.0 Å². The van der Waals surface area contributed by atoms with Gasteiger partial charge < -0.3 is 42.5 Å². The molecular formula is C53H66Cl2F4O15P2. The van der Waals surface area contributed by atoms with Gasteiger partial charge in [0.15, 0.2) is 5.78 Å². The Bertz CT molecular complexity index is 2600. The molecule has 0 bridgehead atoms. The van der Waals surface area contributed by atoms with Crippen molar-refractivity contribution in [2.75, 3.05) is 53.1 Å². The first-order chi connectivity index (χ1) is 36.0. The van der Waals surface area contributed by atoms with Gasteiger partial charge in [-0.1, -0.05) is 88.9 Å². The molecule has 5 rings (SSSR count). The normalized spacial score (nSPS) is 10.8. The van der Waals surface area contributed by atoms with Crippen molar-refractivity contribution in [1.29, 1.82) is 0 Å². The number of ether oxygens (including phenoxy) is 3. The van der Waals surface area contributed by atoms with Gasteiger partial charge in [0.05, 0.1) is 62.0 Å². The lowest BCUT2D eigenvalue weighted by molar-refractivity contribution is -0.145. The summed E-state index contributed by atoms with van der Waals surface area (Å²) in [6.07, 6.45) is -1.98. The van der Waals surface area contributed by atoms with Gasteiger partial charge in [-0.2, -0.15) is 0 Å². The summed E-state index contributed by atoms with van der Waals surface area (Å²) < 4.78 is 107. The van der Waals surface area contributed by atoms with Gasteiger partial charge in [-0.3, -0.25) is 32.3 Å². The molecule has 0 fully saturated rings. The fourth-order valence-electron chi connectivity index (χ4n) is 5.87. The highest BCUT2D eigenvalue weighted by atomic mass is 35.5. The summed E-state index contributed by atoms with van der Waals surface area (Å²) in [6, 6.07) is 29.0. The molecule has 420 valence electrons. The summed E-state index contributed by atoms with van der Waals surface area (Å²) in [5, 5.41) is 17.3. The van der Waals surface area contributed by atoms with E-state index in [9.17, 15) is 45.9 Å². The quantitative estimate of drug-likeness (QED) is 0.0286. The predicted octanol–water partition coefficient (Wildman–Crippen LogP) is 14.7. The van der Waals surface area contributed by atoms with E-state index in [-0.39, 0.29) is 58.9 Å². The van der Waals surface area contributed by atoms with E-state index >= 15 is 0 Å². The Hall–Kier alpha value is -5.62. The number of aliphatic carboxylic acids is 1. The topological polar surface area (TPSA) is 207 Å². The minimum atomic E-state index is -3.57. The number of carboxylic acid groups (broad SMARTS) is 2. The molecule has 0 spiro atoms. The summed E-state index contributed by atoms with van der Waals surface area (Å²) in [5.41, 5.74) is 4.55. The monoisotopic (exact) mass is 1150 g/mol. The molecule has 0 aromatic heterocycles. The maximum atomic E-state index is 14.5. The molecule has 23 heteroatoms. The fourth-order valence-corrected chi connectivity index (χ4v) is 9.24. The summed E-state index contributed by atoms with van der Waals surface area (Å²) in [5.74, 6) is -3.69. The smallest absolute Gasteiger partial charge is 0.341 e. The fraction of sp³-hybridized carbons (Fsp3) is 0.358. The number of Topliss-reactive ketones (excluding diaryl/α,β-unsaturated/α-hetero) is 1. The zero-order chi connectivity index (χ0) is 58.0. The van der Waals surface area contributed by atoms with Gasteiger partial charge in [0.25, 0.3) is 0 Å². The summed E-state index contributed by atoms with van der Waals surface area (Å²) in [7, 11) is -5.95. The van der Waals surface area contributed by atoms with Crippen LogP contribution in [0.2, 0.25) is 10.0 Å². The lowest BCUT2D eigenvalue weighted by Crippen LogP contribution is -2.16. The number of benzene rings is 5. The predicted molar refractivity (Wildman–Crippen MR) is 285 cm³/mol. The molecule has 0 radical (unpaired) electrons. The molecule has 76 heavy (non-hydrogen) atoms. The molecule has 0 aliphatic heterocycles. The van der Waals surface area contributed by atoms with Gasteiger partial charge in [-0.05, 0) is 103 Å². The van der Waals surface area contributed by atoms with Crippen LogP contribution in [0.1, 0.15) is 96.2 Å². The number of carbonyl (C=O) groups excluding carboxylic acids is 2. The van der Waals surface area contributed by atoms with Crippen LogP contribution in [0.25, 0.3) is 0 Å². The maximum absolute atomic E-state index is 14.5. The van der Waals surface area contributed by atoms with Crippen molar-refractivity contribution in [2.45, 2.75) is 74.7 Å². The van der Waals surface area contributed by atoms with Crippen molar-refractivity contribution in [2.24, 2.45) is 0 Å². The van der Waals surface area contributed by atoms with E-state index in [4.69, 9.17) is 65.7 Å². The molecule has 0 heterocycles. The van der Waals surface area contributed by atoms with Crippen LogP contribution in [0.4, 0.5) is 17.6 Å². The average Bonchev–Trinajstić information content (AvgIpc) is 3.35. The number of rotatable bonds is 22. The largest absolute Gasteiger partial charge is 0.489 e. The Morgan fingerprint density at radius 1 is 0.592 bits per heavy atom. The van der Waals surface area contributed by atoms with Crippen molar-refractivity contribution in [3.05, 3.63) is 164 Å². The Morgan fingerprint density at radius 3 is 1.33 bits per heavy atom. The minimum absolute atomic E-state index is 0.0455. The molecule has 1 atom stereocenters. The number of carbonyl (C=O) groups is 4. The molecule has 15 nitrogen and oxygen atoms in total. The molecule has 0 aliphatic rings. The van der Waals surface area contributed by atoms with Crippen molar-refractivity contribution >= 4 is 62.1 Å². The SMILES string of the molecule is CC(=O)c1ccc(OCc2ccc(C)cc2)cc1F.CCOP(=O)(CC(=O)O)OCC.CCOP(=O)(CC(=O)OC(C)c1ccc(OCc2ccc(C)cc2)cc1F)OCC.CF.CF.O=C(O)c1c(Cl)cccc1Cl. The Balaban J connectivity index is 0.00000104. The van der Waals surface area contributed by atoms with Crippen molar-refractivity contribution in [3.63, 3.8) is 0 Å². The van der Waals surface area contributed by atoms with Gasteiger partial charge >= 0.3 is 33.1 Å². The highest BCUT2D eigenvalue weighted by Crippen LogP contribution is 2.48. The van der Waals surface area contributed by atoms with E-state index in [1.54, 1.807) is 45.9 Å². The van der Waals surface area contributed by atoms with E-state index in [0.717, 1.165) is 16.7 Å². The van der Waals surface area contributed by atoms with Gasteiger partial charge in [-0.15, -0.1) is 0 Å². The van der Waals surface area contributed by atoms with Crippen LogP contribution >= 0.6 is 38.4 Å². The first kappa shape index (κ1) is 70.4. The van der Waals surface area contributed by atoms with Gasteiger partial charge in [0.1, 0.15) is 54.8 Å². The number of ketones is 1. The number of esters is 1. The molecule has 2 N–H and O–H groups in total. The van der Waals surface area contributed by atoms with Gasteiger partial charge in [0, 0.05) is 17.7 Å². The third-order valence-electron chi connectivity index (χ3n) is 9.22. The Kier molecular flexibility index (Phi) is 35.2. The number of aromatic carboxylic acids is 1. The van der Waals surface area contributed by atoms with E-state index < -0.39 is 63.2 Å². The van der Waals surface area contributed by atoms with Crippen LogP contribution in [0.5, 0.6) is 11.5 Å². The number of aryl methyl sites for hydroxylation is 2. The molecule has 0 saturated carbocycles. The summed E-state index contributed by atoms with van der Waals surface area (Å²) >= 11 is 11.1. The molecule has 0 amide bonds. The number of halogens is 6. The highest BCUT2D eigenvalue weighted by molar-refractivity contribution is 7.55. The maximum Gasteiger partial charge on any atom is 0.341 e. The highest BCUT2D eigenvalue weighted by Gasteiger charge is 2.30. The Morgan fingerprint density at radius 2 is 0.987 bits per heavy atom. The lowest BCUT2D eigenvalue weighted by atomic mass is 10.1. The number of hydrogen-bond acceptors (Lipinski definition) is 13. The van der Waals surface area contributed by atoms with Crippen LogP contribution in [0.3, 0.4) is 0 Å². The third-order valence-corrected chi connectivity index (χ3v) is 13.8. The number of carboxylic acids is 2. The van der Waals surface area contributed by atoms with Gasteiger partial charge in [0.2, 0.25) is 0 Å². The first-order valence-electron chi connectivity index (χ1n) is 23.1. The van der Waals surface area contributed by atoms with Crippen molar-refractivity contribution < 1.29 is 88.4 Å². The first-order valence-corrected chi connectivity index (χ1v) is 27.3. The van der Waals surface area contributed by atoms with Crippen LogP contribution < -0.4 is 9.47 Å². The zero-order valence-electron chi connectivity index (χ0n) is 43.9. The molecule has 0 aliphatic carbocycles. The Labute approximate surface area is 451 Å². The van der Waals surface area contributed by atoms with E-state index in [1.807, 2.05) is 62.4 Å². The zero-order valence-corrected chi connectivity index (χ0v) is 47.2. The van der Waals surface area contributed by atoms with Crippen molar-refractivity contribution in [3.8, 4) is 11.5 Å². The second-order valence-corrected chi connectivity index (χ2v) is 20.0. The molecule has 1 unspecified atom stereocenters. The summed E-state index contributed by atoms with van der Waals surface area (Å²) in [4.78, 5) is 44.0. The van der Waals surface area contributed by atoms with E-state index in [1.165, 1.54) is 55.8 Å². The molecule has 0 saturated heterocycles. The molecular weight excluding hydrogens is 1090 g/mol. The number of alkyl halides is 2. The van der Waals surface area contributed by atoms with Gasteiger partial charge in [-0.25, -0.2) is 13.6 Å². The molecule has 5 aromatic carbocycles. The molecule has 5 aromatic rings. The van der Waals surface area contributed by atoms with E-state index in [2.05, 4.69) is 0 Å². The minimum Gasteiger partial charge on any atom is -0.489 e. The van der Waals surface area contributed by atoms with E-state index in [0.29, 0.717) is 39.1 Å². The lowest BCUT2D eigenvalue weighted by Gasteiger charge is -2.19.